The number of hydrogen-bond donors (Lipinski definition) is 0. The summed E-state index contributed by atoms with van der Waals surface area (Å²) in [4.78, 5) is 134. The molecule has 4 aromatic heterocycles. The zero-order valence-electron chi connectivity index (χ0n) is 81.5. The van der Waals surface area contributed by atoms with Gasteiger partial charge in [0, 0.05) is 139 Å². The number of carbonyl (C=O) groups excluding carboxylic acids is 10. The van der Waals surface area contributed by atoms with Gasteiger partial charge < -0.3 is 43.1 Å². The van der Waals surface area contributed by atoms with Crippen molar-refractivity contribution >= 4 is 195 Å². The number of aromatic nitrogens is 4. The number of alkyl halides is 12. The first-order chi connectivity index (χ1) is 68.3. The number of hydrogen-bond acceptors (Lipinski definition) is 11. The molecule has 0 spiro atoms. The molecule has 4 aliphatic rings. The summed E-state index contributed by atoms with van der Waals surface area (Å²) in [7, 11) is 1.32. The van der Waals surface area contributed by atoms with E-state index >= 15 is 0 Å². The summed E-state index contributed by atoms with van der Waals surface area (Å²) >= 11 is 52.3. The van der Waals surface area contributed by atoms with Gasteiger partial charge in [0.15, 0.2) is 0 Å². The van der Waals surface area contributed by atoms with Crippen molar-refractivity contribution in [2.75, 3.05) is 59.5 Å². The maximum absolute atomic E-state index is 13.7. The normalized spacial score (nSPS) is 15.8. The quantitative estimate of drug-likeness (QED) is 0.0655. The van der Waals surface area contributed by atoms with Crippen molar-refractivity contribution in [1.29, 1.82) is 0 Å². The number of halogens is 20. The number of benzene rings is 8. The van der Waals surface area contributed by atoms with E-state index in [4.69, 9.17) is 97.5 Å². The Morgan fingerprint density at radius 1 is 0.342 bits per heavy atom. The molecular weight excluding hydrogens is 2080 g/mol. The number of aryl methyl sites for hydroxylation is 8. The highest BCUT2D eigenvalue weighted by Crippen LogP contribution is 2.46. The summed E-state index contributed by atoms with van der Waals surface area (Å²) < 4.78 is 171. The van der Waals surface area contributed by atoms with Crippen LogP contribution in [-0.4, -0.2) is 156 Å². The minimum Gasteiger partial charge on any atom is -0.469 e. The van der Waals surface area contributed by atoms with Crippen molar-refractivity contribution < 1.29 is 105 Å². The van der Waals surface area contributed by atoms with E-state index < -0.39 is 64.7 Å². The molecule has 2 atom stereocenters. The van der Waals surface area contributed by atoms with Gasteiger partial charge in [-0.05, 0) is 280 Å². The Hall–Kier alpha value is -10.9. The second-order valence-corrected chi connectivity index (χ2v) is 41.2. The van der Waals surface area contributed by atoms with Crippen LogP contribution in [-0.2, 0) is 61.7 Å². The van der Waals surface area contributed by atoms with Crippen LogP contribution in [0.3, 0.4) is 0 Å². The van der Waals surface area contributed by atoms with Gasteiger partial charge in [0.1, 0.15) is 17.3 Å². The summed E-state index contributed by atoms with van der Waals surface area (Å²) in [6, 6.07) is 20.7. The molecule has 4 saturated heterocycles. The van der Waals surface area contributed by atoms with Crippen molar-refractivity contribution in [2.45, 2.75) is 179 Å². The average molecular weight is 2190 g/mol. The van der Waals surface area contributed by atoms with E-state index in [0.29, 0.717) is 196 Å². The number of esters is 1. The number of likely N-dealkylation sites (tertiary alicyclic amines) is 4. The molecule has 39 heteroatoms. The molecule has 16 rings (SSSR count). The molecule has 776 valence electrons. The highest BCUT2D eigenvalue weighted by molar-refractivity contribution is 6.43. The largest absolute Gasteiger partial charge is 0.469 e. The van der Waals surface area contributed by atoms with Crippen LogP contribution in [0.25, 0.3) is 43.6 Å². The van der Waals surface area contributed by atoms with Crippen molar-refractivity contribution in [3.05, 3.63) is 273 Å². The van der Waals surface area contributed by atoms with Gasteiger partial charge in [0.2, 0.25) is 0 Å². The fourth-order valence-corrected chi connectivity index (χ4v) is 22.5. The first-order valence-corrected chi connectivity index (χ1v) is 49.8. The zero-order valence-corrected chi connectivity index (χ0v) is 87.5. The molecule has 0 bridgehead atoms. The number of carbonyl (C=O) groups is 10. The summed E-state index contributed by atoms with van der Waals surface area (Å²) in [6.45, 7) is 23.6. The third kappa shape index (κ3) is 24.2. The molecule has 12 aromatic rings. The minimum absolute atomic E-state index is 0.0000160. The Morgan fingerprint density at radius 2 is 0.623 bits per heavy atom. The van der Waals surface area contributed by atoms with Crippen LogP contribution in [0, 0.1) is 85.0 Å². The van der Waals surface area contributed by atoms with Crippen LogP contribution in [0.4, 0.5) is 52.7 Å². The molecule has 0 radical (unpaired) electrons. The van der Waals surface area contributed by atoms with E-state index in [1.54, 1.807) is 119 Å². The van der Waals surface area contributed by atoms with Gasteiger partial charge in [-0.15, -0.1) is 0 Å². The number of piperidine rings is 4. The maximum atomic E-state index is 13.7. The van der Waals surface area contributed by atoms with Gasteiger partial charge in [0.05, 0.1) is 134 Å². The number of ether oxygens (including phenoxy) is 1. The predicted molar refractivity (Wildman–Crippen MR) is 542 cm³/mol. The lowest BCUT2D eigenvalue weighted by atomic mass is 9.84. The van der Waals surface area contributed by atoms with E-state index in [0.717, 1.165) is 61.4 Å². The molecular formula is C107H102Cl8F12N8O11. The minimum atomic E-state index is -4.54. The molecule has 19 nitrogen and oxygen atoms in total. The van der Waals surface area contributed by atoms with Crippen LogP contribution < -0.4 is 0 Å². The molecule has 8 aromatic carbocycles. The Kier molecular flexibility index (Phi) is 34.5. The topological polar surface area (TPSA) is 213 Å². The smallest absolute Gasteiger partial charge is 0.416 e. The van der Waals surface area contributed by atoms with Gasteiger partial charge in [0.25, 0.3) is 35.4 Å². The third-order valence-electron chi connectivity index (χ3n) is 27.6. The van der Waals surface area contributed by atoms with Crippen LogP contribution in [0.1, 0.15) is 226 Å². The van der Waals surface area contributed by atoms with E-state index in [9.17, 15) is 101 Å². The van der Waals surface area contributed by atoms with Crippen molar-refractivity contribution in [3.63, 3.8) is 0 Å². The summed E-state index contributed by atoms with van der Waals surface area (Å²) in [5.74, 6) is -2.22. The van der Waals surface area contributed by atoms with Gasteiger partial charge >= 0.3 is 30.7 Å². The van der Waals surface area contributed by atoms with Crippen molar-refractivity contribution in [3.8, 4) is 0 Å². The zero-order chi connectivity index (χ0) is 107. The number of rotatable bonds is 16. The third-order valence-corrected chi connectivity index (χ3v) is 30.6. The molecule has 0 aliphatic carbocycles. The van der Waals surface area contributed by atoms with Gasteiger partial charge in [-0.3, -0.25) is 47.5 Å². The predicted octanol–water partition coefficient (Wildman–Crippen LogP) is 28.2. The first kappa shape index (κ1) is 112. The van der Waals surface area contributed by atoms with Gasteiger partial charge in [-0.2, -0.15) is 52.7 Å². The molecule has 146 heavy (non-hydrogen) atoms. The summed E-state index contributed by atoms with van der Waals surface area (Å²) in [5, 5.41) is 2.53. The van der Waals surface area contributed by atoms with Crippen molar-refractivity contribution in [1.82, 2.24) is 37.9 Å². The second-order valence-electron chi connectivity index (χ2n) is 38.1. The Balaban J connectivity index is 0.000000163. The Bertz CT molecular complexity index is 7240. The highest BCUT2D eigenvalue weighted by atomic mass is 35.5. The van der Waals surface area contributed by atoms with Gasteiger partial charge in [-0.25, -0.2) is 0 Å². The molecule has 8 heterocycles. The van der Waals surface area contributed by atoms with Crippen LogP contribution in [0.5, 0.6) is 0 Å². The average Bonchev–Trinajstić information content (AvgIpc) is 1.60. The van der Waals surface area contributed by atoms with Crippen LogP contribution in [0.15, 0.2) is 122 Å². The summed E-state index contributed by atoms with van der Waals surface area (Å²) in [6.07, 6.45) is -6.13. The molecule has 0 unspecified atom stereocenters. The number of nitrogens with zero attached hydrogens (tertiary/aromatic N) is 8. The fraction of sp³-hybridized carbons (Fsp3) is 0.383. The Morgan fingerprint density at radius 3 is 0.925 bits per heavy atom. The number of ketones is 3. The first-order valence-electron chi connectivity index (χ1n) is 46.8. The molecule has 0 N–H and O–H groups in total. The van der Waals surface area contributed by atoms with Crippen molar-refractivity contribution in [2.24, 2.45) is 29.6 Å². The standard InChI is InChI=1S/C27H25Cl2F3N2O3.2C27H27Cl2F3N2O2.C26H23Cl2F3N2O4/c1-14-10-18(27(30,31)32)12-20-15(2)13-34(24(14)20)26(37)22-21(28)5-4-19(23(22)29)25(36)33-8-6-17(7-9-33)11-16(3)35;1-14-9-18(27(30,31)32)10-21-16(3)12-34(25(14)21)13-22-23(28)6-5-20(24(22)29)26(36)33-8-7-19(17(4)35)15(2)11-33;1-15-10-19(27(30,31)32)12-21-16(2)13-34(25(15)21)14-22-23(28)5-4-20(24(22)29)26(36)33-8-6-18(7-9-33)11-17(3)35;1-13-10-16(26(29,30)31)11-18-14(2)12-33(22(13)18)24(35)20-19(27)5-4-17(21(20)28)23(34)32-8-6-15(7-9-32)25(36)37-3/h4-5,10,12-13,17H,6-9,11H2,1-3H3;5-6,9-10,12,15,19H,7-8,11,13H2,1-4H3;4-5,10,12-13,18H,6-9,11,14H2,1-3H3;4-5,10-12,15H,6-9H2,1-3H3/t;15-,19+;;/m.0../s1. The number of fused-ring (bicyclic) bond motifs is 4. The highest BCUT2D eigenvalue weighted by Gasteiger charge is 2.41. The van der Waals surface area contributed by atoms with E-state index in [1.165, 1.54) is 66.8 Å². The summed E-state index contributed by atoms with van der Waals surface area (Å²) in [5.41, 5.74) is 4.40. The lowest BCUT2D eigenvalue weighted by Gasteiger charge is -2.36. The van der Waals surface area contributed by atoms with E-state index in [1.807, 2.05) is 16.1 Å². The monoisotopic (exact) mass is 2180 g/mol. The fourth-order valence-electron chi connectivity index (χ4n) is 20.2. The Labute approximate surface area is 873 Å². The lowest BCUT2D eigenvalue weighted by Crippen LogP contribution is -2.44. The molecule has 0 saturated carbocycles. The number of Topliss-reactive ketones (excluding diaryl/α,β-unsaturated/α-hetero) is 3. The van der Waals surface area contributed by atoms with Gasteiger partial charge in [-0.1, -0.05) is 99.7 Å². The number of methoxy groups -OCH3 is 1. The van der Waals surface area contributed by atoms with Crippen LogP contribution >= 0.6 is 92.8 Å². The second kappa shape index (κ2) is 44.9. The number of amides is 4. The molecule has 4 fully saturated rings. The van der Waals surface area contributed by atoms with E-state index in [-0.39, 0.29) is 158 Å². The molecule has 4 aliphatic heterocycles. The maximum Gasteiger partial charge on any atom is 0.416 e. The van der Waals surface area contributed by atoms with E-state index in [2.05, 4.69) is 0 Å². The van der Waals surface area contributed by atoms with Crippen LogP contribution in [0.2, 0.25) is 40.2 Å². The SMILES string of the molecule is CC(=O)CC1CCN(C(=O)c2ccc(Cl)c(C(=O)n3cc(C)c4cc(C(F)(F)F)cc(C)c43)c2Cl)CC1.CC(=O)CC1CCN(C(=O)c2ccc(Cl)c(Cn3cc(C)c4cc(C(F)(F)F)cc(C)c43)c2Cl)CC1.CC(=O)[C@@H]1CCN(C(=O)c2ccc(Cl)c(Cn3cc(C)c4cc(C(F)(F)F)cc(C)c43)c2Cl)C[C@@H]1C.COC(=O)C1CCN(C(=O)c2ccc(Cl)c(C(=O)n3cc(C)c4cc(C(F)(F)F)cc(C)c43)c2Cl)CC1. The lowest BCUT2D eigenvalue weighted by molar-refractivity contribution is -0.147. The molecule has 4 amide bonds.